The minimum absolute atomic E-state index is 0.0365. The van der Waals surface area contributed by atoms with Crippen molar-refractivity contribution >= 4 is 35.1 Å². The van der Waals surface area contributed by atoms with Gasteiger partial charge in [0.1, 0.15) is 5.82 Å². The molecule has 0 unspecified atom stereocenters. The number of benzene rings is 2. The molecular formula is C18H9ClF7N3O3. The van der Waals surface area contributed by atoms with E-state index in [0.717, 1.165) is 18.2 Å². The first-order valence-electron chi connectivity index (χ1n) is 8.35. The summed E-state index contributed by atoms with van der Waals surface area (Å²) >= 11 is 5.54. The van der Waals surface area contributed by atoms with Gasteiger partial charge in [-0.15, -0.1) is 0 Å². The van der Waals surface area contributed by atoms with Crippen LogP contribution in [0, 0.1) is 5.82 Å². The highest BCUT2D eigenvalue weighted by Gasteiger charge is 2.69. The summed E-state index contributed by atoms with van der Waals surface area (Å²) < 4.78 is 93.5. The maximum Gasteiger partial charge on any atom is 0.440 e. The second kappa shape index (κ2) is 7.65. The SMILES string of the molecule is O=C(N[C@@]1(C(F)(F)F)NC(=O)N(c2ccc(F)c(Cl)c2)C1=O)c1cccc(C(F)(F)F)c1. The highest BCUT2D eigenvalue weighted by atomic mass is 35.5. The third-order valence-corrected chi connectivity index (χ3v) is 4.65. The van der Waals surface area contributed by atoms with Gasteiger partial charge in [-0.3, -0.25) is 14.9 Å². The predicted octanol–water partition coefficient (Wildman–Crippen LogP) is 4.24. The van der Waals surface area contributed by atoms with E-state index in [4.69, 9.17) is 11.6 Å². The van der Waals surface area contributed by atoms with Crippen LogP contribution in [0.15, 0.2) is 42.5 Å². The largest absolute Gasteiger partial charge is 0.440 e. The fraction of sp³-hybridized carbons (Fsp3) is 0.167. The van der Waals surface area contributed by atoms with Gasteiger partial charge >= 0.3 is 18.4 Å². The van der Waals surface area contributed by atoms with Crippen molar-refractivity contribution in [1.29, 1.82) is 0 Å². The Balaban J connectivity index is 2.01. The molecule has 2 aromatic rings. The predicted molar refractivity (Wildman–Crippen MR) is 95.1 cm³/mol. The third kappa shape index (κ3) is 3.95. The molecule has 0 saturated carbocycles. The monoisotopic (exact) mass is 483 g/mol. The van der Waals surface area contributed by atoms with Crippen LogP contribution in [0.3, 0.4) is 0 Å². The van der Waals surface area contributed by atoms with Crippen LogP contribution < -0.4 is 15.5 Å². The molecule has 0 bridgehead atoms. The van der Waals surface area contributed by atoms with Crippen LogP contribution in [0.2, 0.25) is 5.02 Å². The van der Waals surface area contributed by atoms with E-state index in [1.54, 1.807) is 0 Å². The number of alkyl halides is 6. The zero-order valence-corrected chi connectivity index (χ0v) is 16.0. The summed E-state index contributed by atoms with van der Waals surface area (Å²) in [5.74, 6) is -4.73. The molecule has 1 heterocycles. The Hall–Kier alpha value is -3.35. The number of carbonyl (C=O) groups excluding carboxylic acids is 3. The van der Waals surface area contributed by atoms with E-state index >= 15 is 0 Å². The van der Waals surface area contributed by atoms with Gasteiger partial charge in [-0.1, -0.05) is 17.7 Å². The van der Waals surface area contributed by atoms with Gasteiger partial charge in [-0.25, -0.2) is 14.1 Å². The van der Waals surface area contributed by atoms with E-state index in [2.05, 4.69) is 0 Å². The number of nitrogens with one attached hydrogen (secondary N) is 2. The number of urea groups is 1. The zero-order chi connectivity index (χ0) is 24.1. The van der Waals surface area contributed by atoms with Gasteiger partial charge in [0, 0.05) is 5.56 Å². The number of imide groups is 1. The van der Waals surface area contributed by atoms with Crippen LogP contribution in [0.25, 0.3) is 0 Å². The second-order valence-electron chi connectivity index (χ2n) is 6.45. The Bertz CT molecular complexity index is 1120. The van der Waals surface area contributed by atoms with Gasteiger partial charge in [0.2, 0.25) is 0 Å². The highest BCUT2D eigenvalue weighted by molar-refractivity contribution is 6.31. The summed E-state index contributed by atoms with van der Waals surface area (Å²) in [6, 6.07) is 2.96. The van der Waals surface area contributed by atoms with Crippen molar-refractivity contribution in [1.82, 2.24) is 10.6 Å². The maximum atomic E-state index is 13.9. The summed E-state index contributed by atoms with van der Waals surface area (Å²) in [6.07, 6.45) is -10.5. The number of anilines is 1. The quantitative estimate of drug-likeness (QED) is 0.506. The van der Waals surface area contributed by atoms with Crippen molar-refractivity contribution < 1.29 is 45.1 Å². The molecule has 1 saturated heterocycles. The topological polar surface area (TPSA) is 78.5 Å². The van der Waals surface area contributed by atoms with E-state index in [9.17, 15) is 45.1 Å². The average Bonchev–Trinajstić information content (AvgIpc) is 2.94. The minimum Gasteiger partial charge on any atom is -0.314 e. The molecule has 1 aliphatic rings. The second-order valence-corrected chi connectivity index (χ2v) is 6.86. The smallest absolute Gasteiger partial charge is 0.314 e. The van der Waals surface area contributed by atoms with Crippen molar-refractivity contribution in [2.24, 2.45) is 0 Å². The van der Waals surface area contributed by atoms with E-state index in [1.165, 1.54) is 10.6 Å². The third-order valence-electron chi connectivity index (χ3n) is 4.36. The Morgan fingerprint density at radius 2 is 1.69 bits per heavy atom. The molecule has 1 aliphatic heterocycles. The molecular weight excluding hydrogens is 475 g/mol. The molecule has 1 fully saturated rings. The highest BCUT2D eigenvalue weighted by Crippen LogP contribution is 2.37. The number of carbonyl (C=O) groups is 3. The molecule has 3 rings (SSSR count). The first-order chi connectivity index (χ1) is 14.7. The zero-order valence-electron chi connectivity index (χ0n) is 15.2. The Kier molecular flexibility index (Phi) is 5.58. The van der Waals surface area contributed by atoms with Gasteiger partial charge in [0.25, 0.3) is 17.5 Å². The molecule has 1 atom stereocenters. The van der Waals surface area contributed by atoms with Gasteiger partial charge < -0.3 is 5.32 Å². The first-order valence-corrected chi connectivity index (χ1v) is 8.73. The van der Waals surface area contributed by atoms with Gasteiger partial charge in [0.05, 0.1) is 16.3 Å². The van der Waals surface area contributed by atoms with E-state index in [1.807, 2.05) is 0 Å². The maximum absolute atomic E-state index is 13.9. The standard InChI is InChI=1S/C18H9ClF7N3O3/c19-11-7-10(4-5-12(11)20)29-14(31)16(18(24,25)26,28-15(29)32)27-13(30)8-2-1-3-9(6-8)17(21,22)23/h1-7H,(H,27,30)(H,28,32)/t16-/m1/s1. The fourth-order valence-electron chi connectivity index (χ4n) is 2.82. The van der Waals surface area contributed by atoms with Crippen LogP contribution in [-0.4, -0.2) is 29.7 Å². The summed E-state index contributed by atoms with van der Waals surface area (Å²) in [5, 5.41) is 1.97. The molecule has 4 amide bonds. The molecule has 0 aliphatic carbocycles. The van der Waals surface area contributed by atoms with E-state index in [0.29, 0.717) is 18.2 Å². The summed E-state index contributed by atoms with van der Waals surface area (Å²) in [4.78, 5) is 37.2. The lowest BCUT2D eigenvalue weighted by atomic mass is 10.1. The van der Waals surface area contributed by atoms with Gasteiger partial charge in [-0.05, 0) is 36.4 Å². The molecule has 32 heavy (non-hydrogen) atoms. The first kappa shape index (κ1) is 23.3. The number of halogens is 8. The molecule has 6 nitrogen and oxygen atoms in total. The van der Waals surface area contributed by atoms with Gasteiger partial charge in [-0.2, -0.15) is 26.3 Å². The summed E-state index contributed by atoms with van der Waals surface area (Å²) in [7, 11) is 0. The number of rotatable bonds is 3. The van der Waals surface area contributed by atoms with E-state index in [-0.39, 0.29) is 11.0 Å². The van der Waals surface area contributed by atoms with E-state index < -0.39 is 63.5 Å². The van der Waals surface area contributed by atoms with Crippen LogP contribution in [0.1, 0.15) is 15.9 Å². The molecule has 14 heteroatoms. The molecule has 0 aromatic heterocycles. The fourth-order valence-corrected chi connectivity index (χ4v) is 2.99. The van der Waals surface area contributed by atoms with Crippen molar-refractivity contribution in [2.45, 2.75) is 18.0 Å². The number of nitrogens with zero attached hydrogens (tertiary/aromatic N) is 1. The lowest BCUT2D eigenvalue weighted by Crippen LogP contribution is -2.69. The van der Waals surface area contributed by atoms with Crippen LogP contribution in [0.5, 0.6) is 0 Å². The van der Waals surface area contributed by atoms with Crippen molar-refractivity contribution in [3.05, 3.63) is 64.4 Å². The minimum atomic E-state index is -5.62. The van der Waals surface area contributed by atoms with Crippen LogP contribution >= 0.6 is 11.6 Å². The van der Waals surface area contributed by atoms with Crippen molar-refractivity contribution in [3.8, 4) is 0 Å². The van der Waals surface area contributed by atoms with Crippen molar-refractivity contribution in [2.75, 3.05) is 4.90 Å². The molecule has 0 radical (unpaired) electrons. The van der Waals surface area contributed by atoms with Crippen LogP contribution in [0.4, 0.5) is 41.2 Å². The van der Waals surface area contributed by atoms with Crippen LogP contribution in [-0.2, 0) is 11.0 Å². The lowest BCUT2D eigenvalue weighted by molar-refractivity contribution is -0.197. The number of amides is 4. The molecule has 2 N–H and O–H groups in total. The summed E-state index contributed by atoms with van der Waals surface area (Å²) in [5.41, 5.74) is -6.72. The lowest BCUT2D eigenvalue weighted by Gasteiger charge is -2.30. The average molecular weight is 484 g/mol. The Morgan fingerprint density at radius 3 is 2.25 bits per heavy atom. The number of hydrogen-bond acceptors (Lipinski definition) is 3. The molecule has 2 aromatic carbocycles. The Morgan fingerprint density at radius 1 is 1.03 bits per heavy atom. The normalized spacial score (nSPS) is 19.2. The molecule has 0 spiro atoms. The van der Waals surface area contributed by atoms with Crippen molar-refractivity contribution in [3.63, 3.8) is 0 Å². The van der Waals surface area contributed by atoms with Gasteiger partial charge in [0.15, 0.2) is 0 Å². The Labute approximate surface area is 178 Å². The number of hydrogen-bond donors (Lipinski definition) is 2. The summed E-state index contributed by atoms with van der Waals surface area (Å²) in [6.45, 7) is 0. The molecule has 170 valence electrons.